The van der Waals surface area contributed by atoms with Crippen LogP contribution in [-0.2, 0) is 66.3 Å². The SMILES string of the molecule is NCC1(O)COC[C@H]2O[C@@H]3O[C@H]4C(O)[C@@H](O)[C@H](O[C@@H]4CO)O[C@H]4C(O)[C@@H](O)[C@@H](O[C@H]5[C@H](O)[C@@H](O)[C@@H](O[C@H]6[C@H](O)[C@@H](O)[C@@H](O[C@H]7[C@H](O)[C@@H](O)[C@@H](O[C@H]2[C@H](O)[C@H]3O)O[C@@H]7CO)O[C@@H]6CO)O[C@@H]5COC1)O[C@@H]4CO. The van der Waals surface area contributed by atoms with Gasteiger partial charge in [-0.15, -0.1) is 0 Å². The molecule has 0 aromatic carbocycles. The Bertz CT molecular complexity index is 1590. The van der Waals surface area contributed by atoms with Crippen LogP contribution in [-0.4, -0.2) is 336 Å². The summed E-state index contributed by atoms with van der Waals surface area (Å²) in [5, 5.41) is 191. The van der Waals surface area contributed by atoms with Crippen LogP contribution < -0.4 is 5.73 Å². The smallest absolute Gasteiger partial charge is 0.187 e. The Morgan fingerprint density at radius 3 is 0.778 bits per heavy atom. The number of hydrogen-bond acceptors (Lipinski definition) is 32. The highest BCUT2D eigenvalue weighted by molar-refractivity contribution is 5.01. The summed E-state index contributed by atoms with van der Waals surface area (Å²) in [5.74, 6) is 0. The maximum absolute atomic E-state index is 11.7. The van der Waals surface area contributed by atoms with E-state index in [-0.39, 0.29) is 0 Å². The minimum absolute atomic E-state index is 0.599. The van der Waals surface area contributed by atoms with Gasteiger partial charge in [0.2, 0.25) is 0 Å². The maximum Gasteiger partial charge on any atom is 0.187 e. The third-order valence-corrected chi connectivity index (χ3v) is 14.0. The molecule has 0 aromatic heterocycles. The summed E-state index contributed by atoms with van der Waals surface area (Å²) < 4.78 is 81.7. The fraction of sp³-hybridized carbons (Fsp3) is 1.00. The lowest BCUT2D eigenvalue weighted by atomic mass is 9.94. The Hall–Kier alpha value is -1.28. The van der Waals surface area contributed by atoms with E-state index < -0.39 is 249 Å². The maximum atomic E-state index is 11.7. The molecule has 12 rings (SSSR count). The second kappa shape index (κ2) is 23.8. The lowest BCUT2D eigenvalue weighted by molar-refractivity contribution is -0.404. The number of ether oxygens (including phenoxy) is 14. The van der Waals surface area contributed by atoms with Crippen LogP contribution >= 0.6 is 0 Å². The highest BCUT2D eigenvalue weighted by atomic mass is 16.8. The minimum atomic E-state index is -2.18. The van der Waals surface area contributed by atoms with E-state index in [0.717, 1.165) is 0 Å². The van der Waals surface area contributed by atoms with E-state index in [9.17, 15) is 86.8 Å². The Morgan fingerprint density at radius 2 is 0.542 bits per heavy atom. The molecule has 12 bridgehead atoms. The van der Waals surface area contributed by atoms with Crippen LogP contribution in [0.4, 0.5) is 0 Å². The predicted molar refractivity (Wildman–Crippen MR) is 217 cm³/mol. The summed E-state index contributed by atoms with van der Waals surface area (Å²) in [7, 11) is 0. The molecule has 12 aliphatic heterocycles. The molecule has 0 radical (unpaired) electrons. The van der Waals surface area contributed by atoms with Crippen molar-refractivity contribution in [2.45, 2.75) is 190 Å². The van der Waals surface area contributed by atoms with Gasteiger partial charge >= 0.3 is 0 Å². The van der Waals surface area contributed by atoms with Crippen molar-refractivity contribution in [2.24, 2.45) is 5.73 Å². The van der Waals surface area contributed by atoms with Crippen molar-refractivity contribution in [2.75, 3.05) is 59.4 Å². The van der Waals surface area contributed by atoms with Crippen molar-refractivity contribution in [3.05, 3.63) is 0 Å². The molecule has 12 aliphatic rings. The van der Waals surface area contributed by atoms with Crippen LogP contribution in [0.3, 0.4) is 0 Å². The normalized spacial score (nSPS) is 55.2. The number of nitrogens with two attached hydrogens (primary N) is 1. The zero-order chi connectivity index (χ0) is 52.1. The molecule has 0 spiro atoms. The fourth-order valence-corrected chi connectivity index (χ4v) is 9.79. The van der Waals surface area contributed by atoms with Gasteiger partial charge in [-0.25, -0.2) is 0 Å². The molecule has 0 aliphatic carbocycles. The van der Waals surface area contributed by atoms with Gasteiger partial charge in [0, 0.05) is 6.54 Å². The van der Waals surface area contributed by atoms with Crippen molar-refractivity contribution in [3.63, 3.8) is 0 Å². The van der Waals surface area contributed by atoms with Gasteiger partial charge in [0.15, 0.2) is 37.7 Å². The van der Waals surface area contributed by atoms with Crippen molar-refractivity contribution in [1.82, 2.24) is 0 Å². The van der Waals surface area contributed by atoms with E-state index >= 15 is 0 Å². The molecule has 31 atom stereocenters. The van der Waals surface area contributed by atoms with Crippen molar-refractivity contribution < 1.29 is 153 Å². The Labute approximate surface area is 407 Å². The number of rotatable bonds is 5. The zero-order valence-corrected chi connectivity index (χ0v) is 38.1. The van der Waals surface area contributed by atoms with Crippen molar-refractivity contribution >= 4 is 0 Å². The van der Waals surface area contributed by atoms with Gasteiger partial charge in [0.25, 0.3) is 0 Å². The molecule has 0 saturated carbocycles. The zero-order valence-electron chi connectivity index (χ0n) is 38.1. The van der Waals surface area contributed by atoms with Crippen LogP contribution in [0.15, 0.2) is 0 Å². The molecule has 418 valence electrons. The van der Waals surface area contributed by atoms with E-state index in [0.29, 0.717) is 0 Å². The number of aliphatic hydroxyl groups is 17. The minimum Gasteiger partial charge on any atom is -0.394 e. The van der Waals surface area contributed by atoms with Gasteiger partial charge in [-0.2, -0.15) is 0 Å². The Kier molecular flexibility index (Phi) is 18.8. The summed E-state index contributed by atoms with van der Waals surface area (Å²) in [5.41, 5.74) is 3.83. The molecule has 12 heterocycles. The molecule has 12 saturated heterocycles. The second-order valence-corrected chi connectivity index (χ2v) is 18.9. The van der Waals surface area contributed by atoms with Gasteiger partial charge in [-0.1, -0.05) is 0 Å². The second-order valence-electron chi connectivity index (χ2n) is 18.9. The fourth-order valence-electron chi connectivity index (χ4n) is 9.79. The molecular weight excluding hydrogens is 990 g/mol. The van der Waals surface area contributed by atoms with Crippen LogP contribution in [0.1, 0.15) is 0 Å². The molecule has 32 nitrogen and oxygen atoms in total. The van der Waals surface area contributed by atoms with Crippen LogP contribution in [0.5, 0.6) is 0 Å². The first-order chi connectivity index (χ1) is 34.3. The summed E-state index contributed by atoms with van der Waals surface area (Å²) in [4.78, 5) is 0. The third-order valence-electron chi connectivity index (χ3n) is 14.0. The molecule has 0 aromatic rings. The summed E-state index contributed by atoms with van der Waals surface area (Å²) in [6.07, 6.45) is -59.0. The number of aliphatic hydroxyl groups excluding tert-OH is 16. The Morgan fingerprint density at radius 1 is 0.319 bits per heavy atom. The van der Waals surface area contributed by atoms with E-state index in [4.69, 9.17) is 72.0 Å². The summed E-state index contributed by atoms with van der Waals surface area (Å²) in [6, 6.07) is 0. The molecule has 0 amide bonds. The summed E-state index contributed by atoms with van der Waals surface area (Å²) in [6.45, 7) is -7.50. The lowest BCUT2D eigenvalue weighted by Crippen LogP contribution is -2.69. The van der Waals surface area contributed by atoms with Gasteiger partial charge < -0.3 is 159 Å². The van der Waals surface area contributed by atoms with Crippen LogP contribution in [0.25, 0.3) is 0 Å². The molecule has 19 N–H and O–H groups in total. The van der Waals surface area contributed by atoms with Gasteiger partial charge in [0.05, 0.1) is 52.9 Å². The van der Waals surface area contributed by atoms with Gasteiger partial charge in [0.1, 0.15) is 152 Å². The monoisotopic (exact) mass is 1060 g/mol. The number of fused-ring (bicyclic) bond motifs is 4. The van der Waals surface area contributed by atoms with E-state index in [1.807, 2.05) is 0 Å². The van der Waals surface area contributed by atoms with Crippen molar-refractivity contribution in [1.29, 1.82) is 0 Å². The molecular formula is C40H67NO31. The predicted octanol–water partition coefficient (Wildman–Crippen LogP) is -13.3. The first kappa shape index (κ1) is 56.9. The molecule has 12 fully saturated rings. The highest BCUT2D eigenvalue weighted by Crippen LogP contribution is 2.38. The average Bonchev–Trinajstić information content (AvgIpc) is 3.36. The van der Waals surface area contributed by atoms with E-state index in [1.54, 1.807) is 0 Å². The first-order valence-corrected chi connectivity index (χ1v) is 23.3. The van der Waals surface area contributed by atoms with E-state index in [2.05, 4.69) is 0 Å². The standard InChI is InChI=1S/C40H67NO31/c41-7-40(58)8-59-5-14-32-20(50)26(56)38(65-14)70-31-13(4-45)62-35(23(53)17(31)47)68-29-11(2-43)64-37(25(55)19(29)49)72-33-15(6-60-9-40)66-39(27(57)21(33)51)69-30-12(3-44)61-34(22(52)16(30)46)67-28-10(1-42)63-36(71-32)24(54)18(28)48/h10-39,42-58H,1-9,41H2/t10-,11-,12-,13-,14-,15-,16-,17?,18-,19?,20-,21-,22-,23-,24-,25-,26-,27-,28-,29-,30-,31-,32-,33-,34-,35-,36-,37-,38-,39-,40?/m1/s1. The highest BCUT2D eigenvalue weighted by Gasteiger charge is 2.59. The lowest BCUT2D eigenvalue weighted by Gasteiger charge is -2.50. The number of hydrogen-bond donors (Lipinski definition) is 18. The van der Waals surface area contributed by atoms with Crippen LogP contribution in [0.2, 0.25) is 0 Å². The van der Waals surface area contributed by atoms with Crippen molar-refractivity contribution in [3.8, 4) is 0 Å². The summed E-state index contributed by atoms with van der Waals surface area (Å²) >= 11 is 0. The topological polar surface area (TPSA) is 499 Å². The first-order valence-electron chi connectivity index (χ1n) is 23.3. The third kappa shape index (κ3) is 11.2. The van der Waals surface area contributed by atoms with Gasteiger partial charge in [-0.3, -0.25) is 0 Å². The van der Waals surface area contributed by atoms with Crippen LogP contribution in [0, 0.1) is 0 Å². The van der Waals surface area contributed by atoms with E-state index in [1.165, 1.54) is 0 Å². The Balaban J connectivity index is 1.20. The van der Waals surface area contributed by atoms with Gasteiger partial charge in [-0.05, 0) is 0 Å². The quantitative estimate of drug-likeness (QED) is 0.122. The molecule has 3 unspecified atom stereocenters. The average molecular weight is 1060 g/mol. The molecule has 72 heavy (non-hydrogen) atoms. The molecule has 32 heteroatoms. The largest absolute Gasteiger partial charge is 0.394 e.